The molecule has 0 saturated carbocycles. The molecule has 0 saturated heterocycles. The summed E-state index contributed by atoms with van der Waals surface area (Å²) in [4.78, 5) is 35.8. The van der Waals surface area contributed by atoms with Gasteiger partial charge in [0.15, 0.2) is 6.10 Å². The molecule has 484 valence electrons. The van der Waals surface area contributed by atoms with E-state index >= 15 is 0 Å². The molecule has 2 unspecified atom stereocenters. The van der Waals surface area contributed by atoms with E-state index in [4.69, 9.17) is 18.5 Å². The first-order chi connectivity index (χ1) is 40.0. The maximum Gasteiger partial charge on any atom is 0.472 e. The van der Waals surface area contributed by atoms with Crippen LogP contribution in [-0.2, 0) is 32.7 Å². The van der Waals surface area contributed by atoms with E-state index in [1.165, 1.54) is 283 Å². The van der Waals surface area contributed by atoms with Crippen molar-refractivity contribution in [1.82, 2.24) is 0 Å². The number of carbonyl (C=O) groups excluding carboxylic acids is 2. The first kappa shape index (κ1) is 80.2. The largest absolute Gasteiger partial charge is 0.472 e. The molecule has 0 aromatic heterocycles. The number of unbranched alkanes of at least 4 members (excludes halogenated alkanes) is 47. The number of hydrogen-bond donors (Lipinski definition) is 1. The van der Waals surface area contributed by atoms with E-state index in [2.05, 4.69) is 50.3 Å². The molecular formula is C72H139NO8P+. The standard InChI is InChI=1S/C72H138NO8P/c1-6-8-10-12-14-16-18-20-22-24-26-27-28-29-30-31-32-33-34-35-36-37-38-39-40-41-42-43-44-45-47-48-50-52-54-56-58-60-62-64-71(74)78-68-70(69-80-82(76,77)79-67-66-73(3,4)5)81-72(75)65-63-61-59-57-55-53-51-49-46-25-23-21-19-17-15-13-11-9-7-2/h15,17,21,23-24,26,70H,6-14,16,18-20,22,25,27-69H2,1-5H3/p+1/b17-15-,23-21-,26-24-. The lowest BCUT2D eigenvalue weighted by molar-refractivity contribution is -0.870. The Bertz CT molecular complexity index is 1480. The van der Waals surface area contributed by atoms with Gasteiger partial charge < -0.3 is 18.9 Å². The molecular weight excluding hydrogens is 1040 g/mol. The number of quaternary nitrogens is 1. The van der Waals surface area contributed by atoms with Crippen LogP contribution in [0.4, 0.5) is 0 Å². The average molecular weight is 1180 g/mol. The number of carbonyl (C=O) groups is 2. The zero-order chi connectivity index (χ0) is 59.8. The van der Waals surface area contributed by atoms with Crippen molar-refractivity contribution in [3.63, 3.8) is 0 Å². The van der Waals surface area contributed by atoms with Crippen LogP contribution in [0, 0.1) is 0 Å². The molecule has 82 heavy (non-hydrogen) atoms. The van der Waals surface area contributed by atoms with Gasteiger partial charge in [-0.3, -0.25) is 18.6 Å². The third kappa shape index (κ3) is 67.4. The summed E-state index contributed by atoms with van der Waals surface area (Å²) in [6, 6.07) is 0. The molecule has 0 aliphatic carbocycles. The fourth-order valence-electron chi connectivity index (χ4n) is 10.6. The lowest BCUT2D eigenvalue weighted by Crippen LogP contribution is -2.37. The van der Waals surface area contributed by atoms with Gasteiger partial charge in [-0.2, -0.15) is 0 Å². The fourth-order valence-corrected chi connectivity index (χ4v) is 11.4. The second-order valence-corrected chi connectivity index (χ2v) is 27.1. The number of allylic oxidation sites excluding steroid dienone is 6. The second-order valence-electron chi connectivity index (χ2n) is 25.6. The average Bonchev–Trinajstić information content (AvgIpc) is 3.46. The predicted molar refractivity (Wildman–Crippen MR) is 354 cm³/mol. The molecule has 0 heterocycles. The molecule has 9 nitrogen and oxygen atoms in total. The van der Waals surface area contributed by atoms with Crippen molar-refractivity contribution >= 4 is 19.8 Å². The summed E-state index contributed by atoms with van der Waals surface area (Å²) in [6.45, 7) is 4.46. The van der Waals surface area contributed by atoms with Gasteiger partial charge in [0.2, 0.25) is 0 Å². The van der Waals surface area contributed by atoms with Gasteiger partial charge in [0.1, 0.15) is 19.8 Å². The predicted octanol–water partition coefficient (Wildman–Crippen LogP) is 23.1. The highest BCUT2D eigenvalue weighted by Crippen LogP contribution is 2.43. The Hall–Kier alpha value is -1.77. The molecule has 10 heteroatoms. The Morgan fingerprint density at radius 1 is 0.378 bits per heavy atom. The molecule has 0 aliphatic rings. The number of phosphoric ester groups is 1. The Labute approximate surface area is 510 Å². The minimum atomic E-state index is -4.39. The van der Waals surface area contributed by atoms with Crippen molar-refractivity contribution < 1.29 is 42.1 Å². The molecule has 1 N–H and O–H groups in total. The molecule has 0 fully saturated rings. The lowest BCUT2D eigenvalue weighted by atomic mass is 10.0. The Kier molecular flexibility index (Phi) is 62.3. The number of hydrogen-bond acceptors (Lipinski definition) is 7. The van der Waals surface area contributed by atoms with E-state index in [9.17, 15) is 19.0 Å². The third-order valence-electron chi connectivity index (χ3n) is 16.1. The molecule has 0 rings (SSSR count). The van der Waals surface area contributed by atoms with Crippen LogP contribution in [0.5, 0.6) is 0 Å². The van der Waals surface area contributed by atoms with E-state index in [0.29, 0.717) is 23.9 Å². The van der Waals surface area contributed by atoms with E-state index in [1.807, 2.05) is 21.1 Å². The van der Waals surface area contributed by atoms with Crippen molar-refractivity contribution in [2.75, 3.05) is 47.5 Å². The smallest absolute Gasteiger partial charge is 0.462 e. The van der Waals surface area contributed by atoms with Gasteiger partial charge in [0.25, 0.3) is 0 Å². The summed E-state index contributed by atoms with van der Waals surface area (Å²) in [6.07, 6.45) is 81.3. The zero-order valence-electron chi connectivity index (χ0n) is 55.3. The van der Waals surface area contributed by atoms with Gasteiger partial charge in [-0.1, -0.05) is 314 Å². The Morgan fingerprint density at radius 2 is 0.659 bits per heavy atom. The van der Waals surface area contributed by atoms with Crippen molar-refractivity contribution in [2.24, 2.45) is 0 Å². The number of nitrogens with zero attached hydrogens (tertiary/aromatic N) is 1. The van der Waals surface area contributed by atoms with Crippen molar-refractivity contribution in [3.05, 3.63) is 36.5 Å². The maximum atomic E-state index is 12.8. The summed E-state index contributed by atoms with van der Waals surface area (Å²) in [5.41, 5.74) is 0. The monoisotopic (exact) mass is 1180 g/mol. The minimum absolute atomic E-state index is 0.0328. The van der Waals surface area contributed by atoms with Crippen LogP contribution in [0.1, 0.15) is 361 Å². The van der Waals surface area contributed by atoms with E-state index in [0.717, 1.165) is 44.9 Å². The highest BCUT2D eigenvalue weighted by atomic mass is 31.2. The van der Waals surface area contributed by atoms with E-state index < -0.39 is 26.5 Å². The summed E-state index contributed by atoms with van der Waals surface area (Å²) >= 11 is 0. The van der Waals surface area contributed by atoms with Crippen LogP contribution in [0.25, 0.3) is 0 Å². The molecule has 0 amide bonds. The summed E-state index contributed by atoms with van der Waals surface area (Å²) in [5, 5.41) is 0. The normalized spacial score (nSPS) is 13.3. The van der Waals surface area contributed by atoms with Crippen molar-refractivity contribution in [3.8, 4) is 0 Å². The van der Waals surface area contributed by atoms with Crippen LogP contribution in [0.15, 0.2) is 36.5 Å². The van der Waals surface area contributed by atoms with Gasteiger partial charge in [-0.15, -0.1) is 0 Å². The number of ether oxygens (including phenoxy) is 2. The topological polar surface area (TPSA) is 108 Å². The number of likely N-dealkylation sites (N-methyl/N-ethyl adjacent to an activating group) is 1. The van der Waals surface area contributed by atoms with Crippen LogP contribution >= 0.6 is 7.82 Å². The van der Waals surface area contributed by atoms with Crippen molar-refractivity contribution in [2.45, 2.75) is 367 Å². The second kappa shape index (κ2) is 63.7. The van der Waals surface area contributed by atoms with Gasteiger partial charge in [0.05, 0.1) is 27.7 Å². The summed E-state index contributed by atoms with van der Waals surface area (Å²) in [7, 11) is 1.49. The molecule has 0 radical (unpaired) electrons. The number of rotatable bonds is 67. The maximum absolute atomic E-state index is 12.8. The van der Waals surface area contributed by atoms with Crippen molar-refractivity contribution in [1.29, 1.82) is 0 Å². The van der Waals surface area contributed by atoms with E-state index in [1.54, 1.807) is 0 Å². The summed E-state index contributed by atoms with van der Waals surface area (Å²) in [5.74, 6) is -0.784. The quantitative estimate of drug-likeness (QED) is 0.0211. The lowest BCUT2D eigenvalue weighted by Gasteiger charge is -2.24. The molecule has 0 aromatic rings. The zero-order valence-corrected chi connectivity index (χ0v) is 56.1. The van der Waals surface area contributed by atoms with Crippen LogP contribution < -0.4 is 0 Å². The highest BCUT2D eigenvalue weighted by molar-refractivity contribution is 7.47. The summed E-state index contributed by atoms with van der Waals surface area (Å²) < 4.78 is 34.7. The third-order valence-corrected chi connectivity index (χ3v) is 17.1. The van der Waals surface area contributed by atoms with Crippen LogP contribution in [-0.4, -0.2) is 74.9 Å². The highest BCUT2D eigenvalue weighted by Gasteiger charge is 2.27. The SMILES string of the molecule is CCCCC/C=C\C/C=C\CCCCCCCCCCCC(=O)OC(COC(=O)CCCCCCCCCCCCCCCCCCCCCCCCCCCCC/C=C\CCCCCCCCCC)COP(=O)(O)OCC[N+](C)(C)C. The Balaban J connectivity index is 3.88. The molecule has 0 aliphatic heterocycles. The number of esters is 2. The van der Waals surface area contributed by atoms with Crippen LogP contribution in [0.3, 0.4) is 0 Å². The number of phosphoric acid groups is 1. The van der Waals surface area contributed by atoms with Gasteiger partial charge in [-0.25, -0.2) is 4.57 Å². The van der Waals surface area contributed by atoms with Gasteiger partial charge in [0, 0.05) is 12.8 Å². The molecule has 0 spiro atoms. The minimum Gasteiger partial charge on any atom is -0.462 e. The first-order valence-electron chi connectivity index (χ1n) is 35.7. The molecule has 0 aromatic carbocycles. The van der Waals surface area contributed by atoms with E-state index in [-0.39, 0.29) is 25.6 Å². The first-order valence-corrected chi connectivity index (χ1v) is 37.2. The van der Waals surface area contributed by atoms with Gasteiger partial charge >= 0.3 is 19.8 Å². The molecule has 2 atom stereocenters. The molecule has 0 bridgehead atoms. The van der Waals surface area contributed by atoms with Gasteiger partial charge in [-0.05, 0) is 70.6 Å². The van der Waals surface area contributed by atoms with Crippen LogP contribution in [0.2, 0.25) is 0 Å². The fraction of sp³-hybridized carbons (Fsp3) is 0.889. The Morgan fingerprint density at radius 3 is 1.00 bits per heavy atom.